The van der Waals surface area contributed by atoms with E-state index in [0.717, 1.165) is 11.3 Å². The van der Waals surface area contributed by atoms with E-state index in [1.54, 1.807) is 16.8 Å². The smallest absolute Gasteiger partial charge is 0.407 e. The van der Waals surface area contributed by atoms with Crippen molar-refractivity contribution < 1.29 is 9.90 Å². The molecule has 7 heteroatoms. The standard InChI is InChI=1S/C12H13ClN4O2/c1-7-6-16(12(18)19)5-3-8-10(7)15-9-2-4-14-17(9)11(8)13/h2,4,7H,3,5-6H2,1H3,(H,18,19). The molecule has 2 aromatic heterocycles. The number of fused-ring (bicyclic) bond motifs is 2. The summed E-state index contributed by atoms with van der Waals surface area (Å²) in [5.41, 5.74) is 2.47. The molecule has 1 unspecified atom stereocenters. The highest BCUT2D eigenvalue weighted by Gasteiger charge is 2.26. The number of aromatic nitrogens is 3. The summed E-state index contributed by atoms with van der Waals surface area (Å²) in [6, 6.07) is 1.79. The van der Waals surface area contributed by atoms with E-state index in [9.17, 15) is 4.79 Å². The lowest BCUT2D eigenvalue weighted by molar-refractivity contribution is 0.144. The van der Waals surface area contributed by atoms with Crippen LogP contribution in [0.1, 0.15) is 24.1 Å². The molecule has 1 N–H and O–H groups in total. The summed E-state index contributed by atoms with van der Waals surface area (Å²) in [4.78, 5) is 17.1. The van der Waals surface area contributed by atoms with Gasteiger partial charge in [-0.05, 0) is 6.42 Å². The predicted octanol–water partition coefficient (Wildman–Crippen LogP) is 2.02. The molecule has 1 aliphatic heterocycles. The van der Waals surface area contributed by atoms with Crippen LogP contribution in [0.5, 0.6) is 0 Å². The first-order valence-corrected chi connectivity index (χ1v) is 6.45. The average Bonchev–Trinajstić information content (AvgIpc) is 2.76. The lowest BCUT2D eigenvalue weighted by Gasteiger charge is -2.18. The lowest BCUT2D eigenvalue weighted by Crippen LogP contribution is -2.32. The van der Waals surface area contributed by atoms with Gasteiger partial charge in [0.2, 0.25) is 0 Å². The third-order valence-electron chi connectivity index (χ3n) is 3.47. The molecule has 0 aromatic carbocycles. The van der Waals surface area contributed by atoms with Gasteiger partial charge in [0.05, 0.1) is 11.9 Å². The number of hydrogen-bond acceptors (Lipinski definition) is 3. The van der Waals surface area contributed by atoms with Gasteiger partial charge in [0.1, 0.15) is 5.15 Å². The average molecular weight is 281 g/mol. The van der Waals surface area contributed by atoms with Gasteiger partial charge in [0.15, 0.2) is 5.65 Å². The predicted molar refractivity (Wildman–Crippen MR) is 69.7 cm³/mol. The molecule has 2 aromatic rings. The SMILES string of the molecule is CC1CN(C(=O)O)CCc2c1nc1ccnn1c2Cl. The summed E-state index contributed by atoms with van der Waals surface area (Å²) in [6.45, 7) is 2.84. The first-order chi connectivity index (χ1) is 9.08. The minimum absolute atomic E-state index is 0.0194. The van der Waals surface area contributed by atoms with Crippen molar-refractivity contribution in [3.8, 4) is 0 Å². The molecule has 0 spiro atoms. The van der Waals surface area contributed by atoms with E-state index in [1.807, 2.05) is 6.92 Å². The molecule has 1 aliphatic rings. The van der Waals surface area contributed by atoms with Gasteiger partial charge < -0.3 is 10.0 Å². The summed E-state index contributed by atoms with van der Waals surface area (Å²) in [7, 11) is 0. The van der Waals surface area contributed by atoms with Crippen LogP contribution in [-0.2, 0) is 6.42 Å². The van der Waals surface area contributed by atoms with Crippen LogP contribution in [0.3, 0.4) is 0 Å². The molecule has 0 aliphatic carbocycles. The Morgan fingerprint density at radius 2 is 2.37 bits per heavy atom. The number of halogens is 1. The van der Waals surface area contributed by atoms with Crippen molar-refractivity contribution in [2.75, 3.05) is 13.1 Å². The Morgan fingerprint density at radius 1 is 1.58 bits per heavy atom. The van der Waals surface area contributed by atoms with Gasteiger partial charge in [-0.1, -0.05) is 18.5 Å². The van der Waals surface area contributed by atoms with Crippen molar-refractivity contribution in [2.45, 2.75) is 19.3 Å². The van der Waals surface area contributed by atoms with E-state index in [4.69, 9.17) is 16.7 Å². The Balaban J connectivity index is 2.13. The quantitative estimate of drug-likeness (QED) is 0.750. The molecular weight excluding hydrogens is 268 g/mol. The molecule has 0 saturated heterocycles. The number of nitrogens with zero attached hydrogens (tertiary/aromatic N) is 4. The normalized spacial score (nSPS) is 19.3. The number of hydrogen-bond donors (Lipinski definition) is 1. The lowest BCUT2D eigenvalue weighted by atomic mass is 10.0. The maximum atomic E-state index is 11.1. The molecule has 1 atom stereocenters. The van der Waals surface area contributed by atoms with Crippen molar-refractivity contribution >= 4 is 23.3 Å². The van der Waals surface area contributed by atoms with Gasteiger partial charge in [0, 0.05) is 30.6 Å². The summed E-state index contributed by atoms with van der Waals surface area (Å²) >= 11 is 6.36. The molecule has 3 rings (SSSR count). The van der Waals surface area contributed by atoms with Crippen LogP contribution in [0, 0.1) is 0 Å². The zero-order valence-corrected chi connectivity index (χ0v) is 11.1. The molecule has 6 nitrogen and oxygen atoms in total. The second-order valence-corrected chi connectivity index (χ2v) is 5.11. The molecule has 0 saturated carbocycles. The fourth-order valence-electron chi connectivity index (χ4n) is 2.52. The highest BCUT2D eigenvalue weighted by Crippen LogP contribution is 2.29. The molecule has 0 fully saturated rings. The highest BCUT2D eigenvalue weighted by atomic mass is 35.5. The molecule has 3 heterocycles. The van der Waals surface area contributed by atoms with Crippen molar-refractivity contribution in [1.29, 1.82) is 0 Å². The van der Waals surface area contributed by atoms with E-state index in [0.29, 0.717) is 30.3 Å². The van der Waals surface area contributed by atoms with Crippen LogP contribution in [0.4, 0.5) is 4.79 Å². The maximum Gasteiger partial charge on any atom is 0.407 e. The van der Waals surface area contributed by atoms with Crippen molar-refractivity contribution in [3.05, 3.63) is 28.7 Å². The van der Waals surface area contributed by atoms with E-state index in [-0.39, 0.29) is 5.92 Å². The number of rotatable bonds is 0. The molecule has 100 valence electrons. The van der Waals surface area contributed by atoms with Crippen LogP contribution < -0.4 is 0 Å². The van der Waals surface area contributed by atoms with Gasteiger partial charge >= 0.3 is 6.09 Å². The molecule has 19 heavy (non-hydrogen) atoms. The Bertz CT molecular complexity index is 654. The van der Waals surface area contributed by atoms with Crippen LogP contribution in [0.2, 0.25) is 5.15 Å². The summed E-state index contributed by atoms with van der Waals surface area (Å²) in [6.07, 6.45) is 1.32. The number of carbonyl (C=O) groups is 1. The van der Waals surface area contributed by atoms with Gasteiger partial charge in [-0.25, -0.2) is 14.3 Å². The Hall–Kier alpha value is -1.82. The maximum absolute atomic E-state index is 11.1. The van der Waals surface area contributed by atoms with Gasteiger partial charge in [-0.3, -0.25) is 0 Å². The second kappa shape index (κ2) is 4.38. The van der Waals surface area contributed by atoms with E-state index >= 15 is 0 Å². The fourth-order valence-corrected chi connectivity index (χ4v) is 2.85. The molecule has 1 amide bonds. The highest BCUT2D eigenvalue weighted by molar-refractivity contribution is 6.30. The summed E-state index contributed by atoms with van der Waals surface area (Å²) < 4.78 is 1.59. The van der Waals surface area contributed by atoms with Crippen molar-refractivity contribution in [1.82, 2.24) is 19.5 Å². The number of carboxylic acid groups (broad SMARTS) is 1. The van der Waals surface area contributed by atoms with Gasteiger partial charge in [-0.15, -0.1) is 0 Å². The Labute approximate surface area is 114 Å². The zero-order valence-electron chi connectivity index (χ0n) is 10.4. The van der Waals surface area contributed by atoms with E-state index in [2.05, 4.69) is 10.1 Å². The first-order valence-electron chi connectivity index (χ1n) is 6.08. The first kappa shape index (κ1) is 12.2. The second-order valence-electron chi connectivity index (χ2n) is 4.75. The van der Waals surface area contributed by atoms with Gasteiger partial charge in [-0.2, -0.15) is 5.10 Å². The molecule has 0 radical (unpaired) electrons. The van der Waals surface area contributed by atoms with Gasteiger partial charge in [0.25, 0.3) is 0 Å². The topological polar surface area (TPSA) is 70.7 Å². The molecular formula is C12H13ClN4O2. The van der Waals surface area contributed by atoms with Crippen molar-refractivity contribution in [3.63, 3.8) is 0 Å². The summed E-state index contributed by atoms with van der Waals surface area (Å²) in [5, 5.41) is 13.8. The third-order valence-corrected chi connectivity index (χ3v) is 3.85. The van der Waals surface area contributed by atoms with Crippen molar-refractivity contribution in [2.24, 2.45) is 0 Å². The Morgan fingerprint density at radius 3 is 3.11 bits per heavy atom. The Kier molecular flexibility index (Phi) is 2.82. The largest absolute Gasteiger partial charge is 0.465 e. The summed E-state index contributed by atoms with van der Waals surface area (Å²) in [5.74, 6) is 0.0194. The van der Waals surface area contributed by atoms with Crippen LogP contribution in [0.15, 0.2) is 12.3 Å². The minimum Gasteiger partial charge on any atom is -0.465 e. The molecule has 0 bridgehead atoms. The monoisotopic (exact) mass is 280 g/mol. The minimum atomic E-state index is -0.902. The van der Waals surface area contributed by atoms with E-state index in [1.165, 1.54) is 4.90 Å². The number of amides is 1. The van der Waals surface area contributed by atoms with E-state index < -0.39 is 6.09 Å². The third kappa shape index (κ3) is 1.92. The fraction of sp³-hybridized carbons (Fsp3) is 0.417. The van der Waals surface area contributed by atoms with Crippen LogP contribution in [-0.4, -0.2) is 43.8 Å². The van der Waals surface area contributed by atoms with Crippen LogP contribution in [0.25, 0.3) is 5.65 Å². The zero-order chi connectivity index (χ0) is 13.6. The van der Waals surface area contributed by atoms with Crippen LogP contribution >= 0.6 is 11.6 Å².